The lowest BCUT2D eigenvalue weighted by Gasteiger charge is -2.16. The molecule has 0 aromatic carbocycles. The maximum absolute atomic E-state index is 4.72. The summed E-state index contributed by atoms with van der Waals surface area (Å²) in [6.45, 7) is 7.24. The first-order valence-electron chi connectivity index (χ1n) is 7.53. The Hall–Kier alpha value is -1.88. The van der Waals surface area contributed by atoms with E-state index in [-0.39, 0.29) is 0 Å². The van der Waals surface area contributed by atoms with E-state index in [0.717, 1.165) is 36.7 Å². The number of imidazole rings is 1. The lowest BCUT2D eigenvalue weighted by atomic mass is 10.0. The van der Waals surface area contributed by atoms with Gasteiger partial charge in [-0.25, -0.2) is 4.98 Å². The Bertz CT molecular complexity index is 619. The normalized spacial score (nSPS) is 19.1. The first kappa shape index (κ1) is 14.1. The van der Waals surface area contributed by atoms with Crippen molar-refractivity contribution in [1.82, 2.24) is 19.9 Å². The highest BCUT2D eigenvalue weighted by Gasteiger charge is 2.26. The molecule has 3 heterocycles. The van der Waals surface area contributed by atoms with Crippen LogP contribution in [0.3, 0.4) is 0 Å². The Morgan fingerprint density at radius 2 is 2.24 bits per heavy atom. The minimum absolute atomic E-state index is 0.524. The van der Waals surface area contributed by atoms with Crippen molar-refractivity contribution >= 4 is 5.69 Å². The van der Waals surface area contributed by atoms with E-state index in [4.69, 9.17) is 4.98 Å². The van der Waals surface area contributed by atoms with Gasteiger partial charge in [-0.3, -0.25) is 9.88 Å². The minimum atomic E-state index is 0.524. The summed E-state index contributed by atoms with van der Waals surface area (Å²) < 4.78 is 0. The van der Waals surface area contributed by atoms with E-state index >= 15 is 0 Å². The molecule has 1 aliphatic rings. The fourth-order valence-electron chi connectivity index (χ4n) is 3.02. The molecule has 0 saturated carbocycles. The van der Waals surface area contributed by atoms with Crippen LogP contribution in [0.2, 0.25) is 0 Å². The first-order valence-corrected chi connectivity index (χ1v) is 7.53. The summed E-state index contributed by atoms with van der Waals surface area (Å²) in [7, 11) is 1.96. The second kappa shape index (κ2) is 5.85. The molecular formula is C16H23N5. The number of H-pyrrole nitrogens is 1. The molecule has 0 radical (unpaired) electrons. The van der Waals surface area contributed by atoms with Crippen molar-refractivity contribution in [3.05, 3.63) is 41.2 Å². The fraction of sp³-hybridized carbons (Fsp3) is 0.500. The van der Waals surface area contributed by atoms with E-state index in [1.165, 1.54) is 17.8 Å². The summed E-state index contributed by atoms with van der Waals surface area (Å²) in [5, 5.41) is 3.22. The topological polar surface area (TPSA) is 56.8 Å². The molecule has 2 aromatic rings. The molecule has 1 atom stereocenters. The van der Waals surface area contributed by atoms with Gasteiger partial charge in [0.2, 0.25) is 0 Å². The van der Waals surface area contributed by atoms with Crippen LogP contribution in [-0.2, 0) is 6.54 Å². The Balaban J connectivity index is 1.69. The molecule has 112 valence electrons. The van der Waals surface area contributed by atoms with Crippen molar-refractivity contribution in [2.24, 2.45) is 0 Å². The molecule has 0 aliphatic carbocycles. The van der Waals surface area contributed by atoms with Gasteiger partial charge in [0.1, 0.15) is 0 Å². The number of pyridine rings is 1. The van der Waals surface area contributed by atoms with E-state index in [9.17, 15) is 0 Å². The second-order valence-corrected chi connectivity index (χ2v) is 5.87. The summed E-state index contributed by atoms with van der Waals surface area (Å²) >= 11 is 0. The van der Waals surface area contributed by atoms with E-state index < -0.39 is 0 Å². The van der Waals surface area contributed by atoms with Gasteiger partial charge in [-0.05, 0) is 38.9 Å². The number of aromatic amines is 1. The molecule has 0 amide bonds. The van der Waals surface area contributed by atoms with Crippen molar-refractivity contribution in [1.29, 1.82) is 0 Å². The van der Waals surface area contributed by atoms with Gasteiger partial charge >= 0.3 is 0 Å². The summed E-state index contributed by atoms with van der Waals surface area (Å²) in [5.74, 6) is 0.524. The first-order chi connectivity index (χ1) is 10.2. The quantitative estimate of drug-likeness (QED) is 0.906. The van der Waals surface area contributed by atoms with Crippen LogP contribution >= 0.6 is 0 Å². The number of aromatic nitrogens is 3. The average Bonchev–Trinajstić information content (AvgIpc) is 3.09. The SMILES string of the molecule is CNc1cc(C)nc(C2CCN(Cc3nc[nH]c3C)C2)c1. The molecule has 1 fully saturated rings. The van der Waals surface area contributed by atoms with Gasteiger partial charge in [0.05, 0.1) is 12.0 Å². The third-order valence-electron chi connectivity index (χ3n) is 4.26. The molecule has 21 heavy (non-hydrogen) atoms. The zero-order valence-corrected chi connectivity index (χ0v) is 13.0. The number of hydrogen-bond donors (Lipinski definition) is 2. The number of nitrogens with one attached hydrogen (secondary N) is 2. The van der Waals surface area contributed by atoms with Crippen LogP contribution in [0, 0.1) is 13.8 Å². The van der Waals surface area contributed by atoms with Crippen molar-refractivity contribution in [3.8, 4) is 0 Å². The van der Waals surface area contributed by atoms with E-state index in [1.54, 1.807) is 6.33 Å². The van der Waals surface area contributed by atoms with Gasteiger partial charge in [0, 0.05) is 48.8 Å². The Morgan fingerprint density at radius 1 is 1.38 bits per heavy atom. The lowest BCUT2D eigenvalue weighted by Crippen LogP contribution is -2.20. The summed E-state index contributed by atoms with van der Waals surface area (Å²) in [6, 6.07) is 4.27. The third-order valence-corrected chi connectivity index (χ3v) is 4.26. The molecule has 1 saturated heterocycles. The average molecular weight is 285 g/mol. The van der Waals surface area contributed by atoms with Crippen LogP contribution in [0.1, 0.15) is 35.1 Å². The molecule has 1 unspecified atom stereocenters. The predicted octanol–water partition coefficient (Wildman–Crippen LogP) is 2.45. The van der Waals surface area contributed by atoms with Crippen LogP contribution in [0.15, 0.2) is 18.5 Å². The summed E-state index contributed by atoms with van der Waals surface area (Å²) in [4.78, 5) is 14.7. The predicted molar refractivity (Wildman–Crippen MR) is 84.5 cm³/mol. The van der Waals surface area contributed by atoms with Crippen molar-refractivity contribution in [3.63, 3.8) is 0 Å². The molecule has 1 aliphatic heterocycles. The monoisotopic (exact) mass is 285 g/mol. The summed E-state index contributed by atoms with van der Waals surface area (Å²) in [6.07, 6.45) is 2.95. The van der Waals surface area contributed by atoms with E-state index in [1.807, 2.05) is 7.05 Å². The zero-order valence-electron chi connectivity index (χ0n) is 13.0. The number of anilines is 1. The largest absolute Gasteiger partial charge is 0.388 e. The van der Waals surface area contributed by atoms with E-state index in [0.29, 0.717) is 5.92 Å². The Kier molecular flexibility index (Phi) is 3.92. The number of hydrogen-bond acceptors (Lipinski definition) is 4. The second-order valence-electron chi connectivity index (χ2n) is 5.87. The zero-order chi connectivity index (χ0) is 14.8. The van der Waals surface area contributed by atoms with Gasteiger partial charge in [-0.1, -0.05) is 0 Å². The van der Waals surface area contributed by atoms with Crippen molar-refractivity contribution < 1.29 is 0 Å². The fourth-order valence-corrected chi connectivity index (χ4v) is 3.02. The maximum atomic E-state index is 4.72. The summed E-state index contributed by atoms with van der Waals surface area (Å²) in [5.41, 5.74) is 5.77. The number of nitrogens with zero attached hydrogens (tertiary/aromatic N) is 3. The lowest BCUT2D eigenvalue weighted by molar-refractivity contribution is 0.322. The van der Waals surface area contributed by atoms with Crippen LogP contribution in [0.5, 0.6) is 0 Å². The van der Waals surface area contributed by atoms with Gasteiger partial charge in [0.15, 0.2) is 0 Å². The van der Waals surface area contributed by atoms with Crippen LogP contribution in [-0.4, -0.2) is 40.0 Å². The molecule has 0 spiro atoms. The highest BCUT2D eigenvalue weighted by Crippen LogP contribution is 2.28. The molecule has 3 rings (SSSR count). The van der Waals surface area contributed by atoms with Gasteiger partial charge < -0.3 is 10.3 Å². The van der Waals surface area contributed by atoms with Crippen LogP contribution < -0.4 is 5.32 Å². The van der Waals surface area contributed by atoms with Crippen LogP contribution in [0.25, 0.3) is 0 Å². The molecule has 5 nitrogen and oxygen atoms in total. The maximum Gasteiger partial charge on any atom is 0.0925 e. The standard InChI is InChI=1S/C16H23N5/c1-11-6-14(17-3)7-15(20-11)13-4-5-21(8-13)9-16-12(2)18-10-19-16/h6-7,10,13H,4-5,8-9H2,1-3H3,(H,17,20)(H,18,19). The highest BCUT2D eigenvalue weighted by atomic mass is 15.2. The Labute approximate surface area is 125 Å². The Morgan fingerprint density at radius 3 is 2.95 bits per heavy atom. The van der Waals surface area contributed by atoms with Crippen molar-refractivity contribution in [2.45, 2.75) is 32.7 Å². The smallest absolute Gasteiger partial charge is 0.0925 e. The molecule has 5 heteroatoms. The number of rotatable bonds is 4. The van der Waals surface area contributed by atoms with Crippen molar-refractivity contribution in [2.75, 3.05) is 25.5 Å². The highest BCUT2D eigenvalue weighted by molar-refractivity contribution is 5.45. The van der Waals surface area contributed by atoms with Gasteiger partial charge in [0.25, 0.3) is 0 Å². The minimum Gasteiger partial charge on any atom is -0.388 e. The number of aryl methyl sites for hydroxylation is 2. The number of likely N-dealkylation sites (tertiary alicyclic amines) is 1. The van der Waals surface area contributed by atoms with Gasteiger partial charge in [-0.2, -0.15) is 0 Å². The van der Waals surface area contributed by atoms with E-state index in [2.05, 4.69) is 46.2 Å². The molecular weight excluding hydrogens is 262 g/mol. The van der Waals surface area contributed by atoms with Gasteiger partial charge in [-0.15, -0.1) is 0 Å². The molecule has 0 bridgehead atoms. The molecule has 2 N–H and O–H groups in total. The van der Waals surface area contributed by atoms with Crippen LogP contribution in [0.4, 0.5) is 5.69 Å². The molecule has 2 aromatic heterocycles. The third kappa shape index (κ3) is 3.08.